The Labute approximate surface area is 179 Å². The minimum absolute atomic E-state index is 0.208. The maximum absolute atomic E-state index is 13.0. The molecule has 0 spiro atoms. The van der Waals surface area contributed by atoms with Crippen molar-refractivity contribution >= 4 is 11.9 Å². The monoisotopic (exact) mass is 423 g/mol. The standard InChI is InChI=1S/C24H22FNO5/c1-16(27)26-23(14-24(28)29)18-5-9-20(10-6-18)30-15-17-3-2-4-22(13-17)31-21-11-7-19(25)8-12-21/h2-13,23H,14-15H2,1H3,(H,26,27)(H,28,29)/t23-/m0/s1. The van der Waals surface area contributed by atoms with E-state index in [2.05, 4.69) is 5.32 Å². The molecule has 3 aromatic rings. The molecule has 0 aliphatic carbocycles. The summed E-state index contributed by atoms with van der Waals surface area (Å²) in [5, 5.41) is 11.7. The Kier molecular flexibility index (Phi) is 7.22. The molecule has 0 saturated carbocycles. The Morgan fingerprint density at radius 1 is 0.968 bits per heavy atom. The van der Waals surface area contributed by atoms with E-state index in [1.165, 1.54) is 19.1 Å². The number of rotatable bonds is 9. The Bertz CT molecular complexity index is 1020. The lowest BCUT2D eigenvalue weighted by molar-refractivity contribution is -0.137. The SMILES string of the molecule is CC(=O)N[C@@H](CC(=O)O)c1ccc(OCc2cccc(Oc3ccc(F)cc3)c2)cc1. The van der Waals surface area contributed by atoms with Gasteiger partial charge in [0.2, 0.25) is 5.91 Å². The van der Waals surface area contributed by atoms with Crippen molar-refractivity contribution in [1.29, 1.82) is 0 Å². The number of carboxylic acid groups (broad SMARTS) is 1. The van der Waals surface area contributed by atoms with E-state index in [1.54, 1.807) is 42.5 Å². The molecule has 0 saturated heterocycles. The Morgan fingerprint density at radius 2 is 1.65 bits per heavy atom. The highest BCUT2D eigenvalue weighted by molar-refractivity contribution is 5.75. The van der Waals surface area contributed by atoms with Crippen LogP contribution in [0.5, 0.6) is 17.2 Å². The molecule has 0 unspecified atom stereocenters. The number of carbonyl (C=O) groups excluding carboxylic acids is 1. The van der Waals surface area contributed by atoms with E-state index in [4.69, 9.17) is 14.6 Å². The van der Waals surface area contributed by atoms with E-state index >= 15 is 0 Å². The van der Waals surface area contributed by atoms with Crippen LogP contribution in [-0.4, -0.2) is 17.0 Å². The lowest BCUT2D eigenvalue weighted by Gasteiger charge is -2.17. The molecule has 160 valence electrons. The highest BCUT2D eigenvalue weighted by atomic mass is 19.1. The van der Waals surface area contributed by atoms with Crippen LogP contribution < -0.4 is 14.8 Å². The van der Waals surface area contributed by atoms with Crippen LogP contribution in [0.4, 0.5) is 4.39 Å². The molecule has 1 amide bonds. The van der Waals surface area contributed by atoms with Crippen LogP contribution in [0, 0.1) is 5.82 Å². The first-order valence-electron chi connectivity index (χ1n) is 9.63. The first-order chi connectivity index (χ1) is 14.9. The van der Waals surface area contributed by atoms with Gasteiger partial charge in [-0.25, -0.2) is 4.39 Å². The van der Waals surface area contributed by atoms with Gasteiger partial charge in [0.15, 0.2) is 0 Å². The molecule has 0 aromatic heterocycles. The average Bonchev–Trinajstić information content (AvgIpc) is 2.73. The van der Waals surface area contributed by atoms with Gasteiger partial charge in [-0.2, -0.15) is 0 Å². The van der Waals surface area contributed by atoms with Crippen molar-refractivity contribution < 1.29 is 28.6 Å². The Hall–Kier alpha value is -3.87. The third-order valence-electron chi connectivity index (χ3n) is 4.39. The zero-order valence-corrected chi connectivity index (χ0v) is 16.9. The molecule has 0 heterocycles. The van der Waals surface area contributed by atoms with E-state index < -0.39 is 12.0 Å². The van der Waals surface area contributed by atoms with Crippen LogP contribution in [0.1, 0.15) is 30.5 Å². The molecular weight excluding hydrogens is 401 g/mol. The van der Waals surface area contributed by atoms with Crippen LogP contribution in [0.15, 0.2) is 72.8 Å². The van der Waals surface area contributed by atoms with Gasteiger partial charge in [-0.1, -0.05) is 24.3 Å². The van der Waals surface area contributed by atoms with Gasteiger partial charge in [-0.3, -0.25) is 9.59 Å². The summed E-state index contributed by atoms with van der Waals surface area (Å²) < 4.78 is 24.5. The van der Waals surface area contributed by atoms with E-state index in [0.29, 0.717) is 29.4 Å². The highest BCUT2D eigenvalue weighted by Gasteiger charge is 2.16. The molecule has 0 fully saturated rings. The number of amides is 1. The smallest absolute Gasteiger partial charge is 0.305 e. The summed E-state index contributed by atoms with van der Waals surface area (Å²) in [5.74, 6) is 0.119. The summed E-state index contributed by atoms with van der Waals surface area (Å²) in [6, 6.07) is 19.4. The third-order valence-corrected chi connectivity index (χ3v) is 4.39. The highest BCUT2D eigenvalue weighted by Crippen LogP contribution is 2.24. The van der Waals surface area contributed by atoms with Gasteiger partial charge in [0.05, 0.1) is 12.5 Å². The van der Waals surface area contributed by atoms with E-state index in [-0.39, 0.29) is 18.1 Å². The van der Waals surface area contributed by atoms with Crippen LogP contribution in [0.2, 0.25) is 0 Å². The minimum Gasteiger partial charge on any atom is -0.489 e. The maximum atomic E-state index is 13.0. The zero-order valence-electron chi connectivity index (χ0n) is 16.9. The van der Waals surface area contributed by atoms with E-state index in [1.807, 2.05) is 18.2 Å². The fourth-order valence-corrected chi connectivity index (χ4v) is 2.97. The molecule has 0 aliphatic heterocycles. The number of benzene rings is 3. The summed E-state index contributed by atoms with van der Waals surface area (Å²) in [6.07, 6.45) is -0.208. The normalized spacial score (nSPS) is 11.4. The molecule has 7 heteroatoms. The van der Waals surface area contributed by atoms with Gasteiger partial charge < -0.3 is 19.9 Å². The summed E-state index contributed by atoms with van der Waals surface area (Å²) in [5.41, 5.74) is 1.56. The second kappa shape index (κ2) is 10.2. The van der Waals surface area contributed by atoms with E-state index in [9.17, 15) is 14.0 Å². The predicted molar refractivity (Wildman–Crippen MR) is 113 cm³/mol. The second-order valence-electron chi connectivity index (χ2n) is 6.91. The van der Waals surface area contributed by atoms with Gasteiger partial charge in [0.1, 0.15) is 29.7 Å². The number of aliphatic carboxylic acids is 1. The Balaban J connectivity index is 1.61. The second-order valence-corrected chi connectivity index (χ2v) is 6.91. The summed E-state index contributed by atoms with van der Waals surface area (Å²) in [4.78, 5) is 22.4. The maximum Gasteiger partial charge on any atom is 0.305 e. The number of carboxylic acids is 1. The van der Waals surface area contributed by atoms with Crippen molar-refractivity contribution in [1.82, 2.24) is 5.32 Å². The van der Waals surface area contributed by atoms with Crippen molar-refractivity contribution in [2.45, 2.75) is 26.0 Å². The van der Waals surface area contributed by atoms with Gasteiger partial charge in [-0.15, -0.1) is 0 Å². The van der Waals surface area contributed by atoms with Gasteiger partial charge in [-0.05, 0) is 59.7 Å². The van der Waals surface area contributed by atoms with Crippen molar-refractivity contribution in [3.63, 3.8) is 0 Å². The van der Waals surface area contributed by atoms with Crippen molar-refractivity contribution in [2.75, 3.05) is 0 Å². The first kappa shape index (κ1) is 21.8. The number of hydrogen-bond acceptors (Lipinski definition) is 4. The fraction of sp³-hybridized carbons (Fsp3) is 0.167. The molecule has 0 radical (unpaired) electrons. The molecule has 0 bridgehead atoms. The molecule has 3 aromatic carbocycles. The van der Waals surface area contributed by atoms with Crippen LogP contribution in [0.25, 0.3) is 0 Å². The van der Waals surface area contributed by atoms with Crippen LogP contribution in [-0.2, 0) is 16.2 Å². The molecule has 6 nitrogen and oxygen atoms in total. The van der Waals surface area contributed by atoms with E-state index in [0.717, 1.165) is 5.56 Å². The summed E-state index contributed by atoms with van der Waals surface area (Å²) in [6.45, 7) is 1.64. The Morgan fingerprint density at radius 3 is 2.29 bits per heavy atom. The zero-order chi connectivity index (χ0) is 22.2. The number of ether oxygens (including phenoxy) is 2. The molecule has 3 rings (SSSR count). The summed E-state index contributed by atoms with van der Waals surface area (Å²) >= 11 is 0. The van der Waals surface area contributed by atoms with Crippen LogP contribution >= 0.6 is 0 Å². The fourth-order valence-electron chi connectivity index (χ4n) is 2.97. The summed E-state index contributed by atoms with van der Waals surface area (Å²) in [7, 11) is 0. The minimum atomic E-state index is -0.998. The largest absolute Gasteiger partial charge is 0.489 e. The number of hydrogen-bond donors (Lipinski definition) is 2. The predicted octanol–water partition coefficient (Wildman–Crippen LogP) is 4.85. The van der Waals surface area contributed by atoms with Crippen molar-refractivity contribution in [3.05, 3.63) is 89.7 Å². The van der Waals surface area contributed by atoms with Gasteiger partial charge in [0.25, 0.3) is 0 Å². The molecular formula is C24H22FNO5. The van der Waals surface area contributed by atoms with Gasteiger partial charge >= 0.3 is 5.97 Å². The third kappa shape index (κ3) is 6.85. The lowest BCUT2D eigenvalue weighted by atomic mass is 10.0. The van der Waals surface area contributed by atoms with Crippen LogP contribution in [0.3, 0.4) is 0 Å². The molecule has 2 N–H and O–H groups in total. The number of halogens is 1. The topological polar surface area (TPSA) is 84.9 Å². The van der Waals surface area contributed by atoms with Crippen molar-refractivity contribution in [3.8, 4) is 17.2 Å². The quantitative estimate of drug-likeness (QED) is 0.514. The number of nitrogens with one attached hydrogen (secondary N) is 1. The molecule has 1 atom stereocenters. The lowest BCUT2D eigenvalue weighted by Crippen LogP contribution is -2.27. The average molecular weight is 423 g/mol. The van der Waals surface area contributed by atoms with Gasteiger partial charge in [0, 0.05) is 6.92 Å². The first-order valence-corrected chi connectivity index (χ1v) is 9.63. The number of carbonyl (C=O) groups is 2. The molecule has 0 aliphatic rings. The molecule has 31 heavy (non-hydrogen) atoms. The van der Waals surface area contributed by atoms with Crippen molar-refractivity contribution in [2.24, 2.45) is 0 Å².